The van der Waals surface area contributed by atoms with Gasteiger partial charge in [-0.25, -0.2) is 0 Å². The number of nitrogens with zero attached hydrogens (tertiary/aromatic N) is 3. The number of fused-ring (bicyclic) bond motifs is 1. The van der Waals surface area contributed by atoms with Crippen LogP contribution >= 0.6 is 24.8 Å². The molecule has 120 valence electrons. The van der Waals surface area contributed by atoms with Gasteiger partial charge >= 0.3 is 0 Å². The van der Waals surface area contributed by atoms with Crippen molar-refractivity contribution in [1.29, 1.82) is 0 Å². The molecule has 1 aliphatic rings. The third-order valence-electron chi connectivity index (χ3n) is 3.52. The Labute approximate surface area is 141 Å². The van der Waals surface area contributed by atoms with Crippen LogP contribution in [0.4, 0.5) is 5.69 Å². The Morgan fingerprint density at radius 3 is 2.95 bits per heavy atom. The van der Waals surface area contributed by atoms with E-state index in [1.54, 1.807) is 6.33 Å². The van der Waals surface area contributed by atoms with Gasteiger partial charge in [-0.3, -0.25) is 4.79 Å². The van der Waals surface area contributed by atoms with Crippen LogP contribution in [0.15, 0.2) is 24.5 Å². The Balaban J connectivity index is 0.00000121. The summed E-state index contributed by atoms with van der Waals surface area (Å²) in [6.07, 6.45) is 3.31. The summed E-state index contributed by atoms with van der Waals surface area (Å²) in [5.41, 5.74) is 3.07. The van der Waals surface area contributed by atoms with Crippen LogP contribution in [0.5, 0.6) is 0 Å². The number of hydrogen-bond donors (Lipinski definition) is 2. The van der Waals surface area contributed by atoms with Crippen LogP contribution in [-0.2, 0) is 19.9 Å². The predicted octanol–water partition coefficient (Wildman–Crippen LogP) is 1.60. The molecule has 1 amide bonds. The molecule has 0 radical (unpaired) electrons. The molecule has 22 heavy (non-hydrogen) atoms. The van der Waals surface area contributed by atoms with E-state index in [1.165, 1.54) is 5.56 Å². The molecule has 0 saturated heterocycles. The van der Waals surface area contributed by atoms with E-state index in [2.05, 4.69) is 20.8 Å². The average molecular weight is 344 g/mol. The molecule has 0 saturated carbocycles. The number of rotatable bonds is 4. The monoisotopic (exact) mass is 343 g/mol. The van der Waals surface area contributed by atoms with Crippen molar-refractivity contribution in [3.63, 3.8) is 0 Å². The highest BCUT2D eigenvalue weighted by molar-refractivity contribution is 5.95. The molecule has 3 rings (SSSR count). The Hall–Kier alpha value is -1.79. The topological polar surface area (TPSA) is 71.8 Å². The normalized spacial score (nSPS) is 11.7. The van der Waals surface area contributed by atoms with Gasteiger partial charge in [0.2, 0.25) is 0 Å². The number of carbonyl (C=O) groups excluding carboxylic acids is 1. The summed E-state index contributed by atoms with van der Waals surface area (Å²) in [6.45, 7) is 1.51. The lowest BCUT2D eigenvalue weighted by Crippen LogP contribution is -2.26. The molecule has 0 atom stereocenters. The zero-order valence-corrected chi connectivity index (χ0v) is 13.8. The summed E-state index contributed by atoms with van der Waals surface area (Å²) in [6, 6.07) is 5.79. The van der Waals surface area contributed by atoms with Crippen molar-refractivity contribution in [2.45, 2.75) is 12.8 Å². The smallest absolute Gasteiger partial charge is 0.251 e. The number of halogens is 2. The van der Waals surface area contributed by atoms with Crippen molar-refractivity contribution >= 4 is 36.4 Å². The average Bonchev–Trinajstić information content (AvgIpc) is 3.07. The van der Waals surface area contributed by atoms with Gasteiger partial charge in [0.1, 0.15) is 12.2 Å². The Morgan fingerprint density at radius 2 is 2.23 bits per heavy atom. The predicted molar refractivity (Wildman–Crippen MR) is 90.2 cm³/mol. The maximum atomic E-state index is 12.1. The first-order chi connectivity index (χ1) is 9.74. The van der Waals surface area contributed by atoms with Gasteiger partial charge in [0.15, 0.2) is 0 Å². The maximum absolute atomic E-state index is 12.1. The molecule has 1 aromatic carbocycles. The standard InChI is InChI=1S/C14H17N5O.2ClH/c1-19-9-17-18-13(19)5-7-16-14(20)11-2-3-12-10(8-11)4-6-15-12;;/h2-3,8-9,15H,4-7H2,1H3,(H,16,20);2*1H. The van der Waals surface area contributed by atoms with Crippen molar-refractivity contribution in [1.82, 2.24) is 20.1 Å². The molecule has 2 N–H and O–H groups in total. The van der Waals surface area contributed by atoms with E-state index in [1.807, 2.05) is 29.8 Å². The van der Waals surface area contributed by atoms with Gasteiger partial charge in [-0.05, 0) is 30.2 Å². The molecule has 1 aliphatic heterocycles. The van der Waals surface area contributed by atoms with E-state index in [0.29, 0.717) is 18.5 Å². The fourth-order valence-electron chi connectivity index (χ4n) is 2.37. The van der Waals surface area contributed by atoms with Crippen molar-refractivity contribution in [2.75, 3.05) is 18.4 Å². The number of benzene rings is 1. The third-order valence-corrected chi connectivity index (χ3v) is 3.52. The summed E-state index contributed by atoms with van der Waals surface area (Å²) in [4.78, 5) is 12.1. The largest absolute Gasteiger partial charge is 0.384 e. The number of hydrogen-bond acceptors (Lipinski definition) is 4. The van der Waals surface area contributed by atoms with Gasteiger partial charge in [-0.2, -0.15) is 0 Å². The van der Waals surface area contributed by atoms with Gasteiger partial charge in [0.25, 0.3) is 5.91 Å². The van der Waals surface area contributed by atoms with E-state index < -0.39 is 0 Å². The highest BCUT2D eigenvalue weighted by atomic mass is 35.5. The lowest BCUT2D eigenvalue weighted by Gasteiger charge is -2.06. The zero-order chi connectivity index (χ0) is 13.9. The van der Waals surface area contributed by atoms with Crippen LogP contribution in [0.2, 0.25) is 0 Å². The zero-order valence-electron chi connectivity index (χ0n) is 12.2. The van der Waals surface area contributed by atoms with Crippen molar-refractivity contribution < 1.29 is 4.79 Å². The van der Waals surface area contributed by atoms with Crippen LogP contribution in [0.25, 0.3) is 0 Å². The van der Waals surface area contributed by atoms with Crippen LogP contribution < -0.4 is 10.6 Å². The van der Waals surface area contributed by atoms with Gasteiger partial charge in [-0.15, -0.1) is 35.0 Å². The van der Waals surface area contributed by atoms with Gasteiger partial charge in [-0.1, -0.05) is 0 Å². The minimum Gasteiger partial charge on any atom is -0.384 e. The van der Waals surface area contributed by atoms with Gasteiger partial charge < -0.3 is 15.2 Å². The number of anilines is 1. The summed E-state index contributed by atoms with van der Waals surface area (Å²) in [5, 5.41) is 14.0. The molecule has 6 nitrogen and oxygen atoms in total. The third kappa shape index (κ3) is 3.90. The molecule has 2 heterocycles. The van der Waals surface area contributed by atoms with E-state index >= 15 is 0 Å². The molecule has 0 spiro atoms. The second-order valence-corrected chi connectivity index (χ2v) is 4.91. The summed E-state index contributed by atoms with van der Waals surface area (Å²) in [7, 11) is 1.89. The number of aromatic nitrogens is 3. The van der Waals surface area contributed by atoms with Crippen LogP contribution in [0, 0.1) is 0 Å². The van der Waals surface area contributed by atoms with E-state index in [-0.39, 0.29) is 30.7 Å². The fourth-order valence-corrected chi connectivity index (χ4v) is 2.37. The second kappa shape index (κ2) is 8.00. The molecule has 1 aromatic heterocycles. The Morgan fingerprint density at radius 1 is 1.41 bits per heavy atom. The van der Waals surface area contributed by atoms with Gasteiger partial charge in [0, 0.05) is 37.8 Å². The molecule has 0 bridgehead atoms. The van der Waals surface area contributed by atoms with Crippen molar-refractivity contribution in [3.8, 4) is 0 Å². The van der Waals surface area contributed by atoms with Gasteiger partial charge in [0.05, 0.1) is 0 Å². The van der Waals surface area contributed by atoms with Crippen molar-refractivity contribution in [2.24, 2.45) is 7.05 Å². The van der Waals surface area contributed by atoms with Crippen LogP contribution in [-0.4, -0.2) is 33.8 Å². The minimum absolute atomic E-state index is 0. The first kappa shape index (κ1) is 18.3. The van der Waals surface area contributed by atoms with Crippen molar-refractivity contribution in [3.05, 3.63) is 41.5 Å². The number of nitrogens with one attached hydrogen (secondary N) is 2. The van der Waals surface area contributed by atoms with Crippen LogP contribution in [0.3, 0.4) is 0 Å². The number of aryl methyl sites for hydroxylation is 1. The highest BCUT2D eigenvalue weighted by Crippen LogP contribution is 2.22. The molecule has 0 aliphatic carbocycles. The maximum Gasteiger partial charge on any atom is 0.251 e. The first-order valence-electron chi connectivity index (χ1n) is 6.72. The lowest BCUT2D eigenvalue weighted by molar-refractivity contribution is 0.0954. The molecular weight excluding hydrogens is 325 g/mol. The minimum atomic E-state index is -0.0399. The fraction of sp³-hybridized carbons (Fsp3) is 0.357. The number of carbonyl (C=O) groups is 1. The summed E-state index contributed by atoms with van der Waals surface area (Å²) in [5.74, 6) is 0.824. The molecule has 0 fully saturated rings. The molecule has 2 aromatic rings. The highest BCUT2D eigenvalue weighted by Gasteiger charge is 2.13. The van der Waals surface area contributed by atoms with E-state index in [0.717, 1.165) is 24.5 Å². The molecule has 0 unspecified atom stereocenters. The quantitative estimate of drug-likeness (QED) is 0.884. The molecule has 8 heteroatoms. The summed E-state index contributed by atoms with van der Waals surface area (Å²) < 4.78 is 1.85. The lowest BCUT2D eigenvalue weighted by atomic mass is 10.1. The van der Waals surface area contributed by atoms with Crippen LogP contribution in [0.1, 0.15) is 21.7 Å². The summed E-state index contributed by atoms with van der Waals surface area (Å²) >= 11 is 0. The van der Waals surface area contributed by atoms with E-state index in [4.69, 9.17) is 0 Å². The first-order valence-corrected chi connectivity index (χ1v) is 6.72. The molecular formula is C14H19Cl2N5O. The number of amides is 1. The SMILES string of the molecule is Cl.Cl.Cn1cnnc1CCNC(=O)c1ccc2c(c1)CCN2. The Bertz CT molecular complexity index is 644. The Kier molecular flexibility index (Phi) is 6.64. The second-order valence-electron chi connectivity index (χ2n) is 4.91. The van der Waals surface area contributed by atoms with E-state index in [9.17, 15) is 4.79 Å².